The number of hydrogen-bond acceptors (Lipinski definition) is 8. The molecule has 0 aliphatic heterocycles. The largest absolute Gasteiger partial charge is 0.396 e. The summed E-state index contributed by atoms with van der Waals surface area (Å²) in [6, 6.07) is 10.7. The van der Waals surface area contributed by atoms with E-state index < -0.39 is 9.85 Å². The van der Waals surface area contributed by atoms with Crippen molar-refractivity contribution >= 4 is 34.5 Å². The standard InChI is InChI=1S/C15H17N3O3.C7H7ClN2O2/c1-10-9-11(2)16-15(14(10)18(20)21)17-13-5-3-12(4-6-13)7-8-19;1-4-3-5(2)9-7(8)6(4)10(11)12/h3-6,9,19H,7-8H2,1-2H3,(H,16,17);3H,1-2H3. The van der Waals surface area contributed by atoms with Crippen LogP contribution in [0.5, 0.6) is 0 Å². The van der Waals surface area contributed by atoms with E-state index in [0.717, 1.165) is 16.9 Å². The number of rotatable bonds is 6. The second-order valence-corrected chi connectivity index (χ2v) is 7.67. The Hall–Kier alpha value is -3.63. The molecule has 0 fully saturated rings. The number of nitrogens with zero attached hydrogens (tertiary/aromatic N) is 4. The van der Waals surface area contributed by atoms with E-state index in [0.29, 0.717) is 23.2 Å². The van der Waals surface area contributed by atoms with E-state index in [1.54, 1.807) is 39.8 Å². The van der Waals surface area contributed by atoms with Gasteiger partial charge in [-0.1, -0.05) is 23.7 Å². The highest BCUT2D eigenvalue weighted by molar-refractivity contribution is 6.31. The number of aryl methyl sites for hydroxylation is 4. The molecule has 0 saturated heterocycles. The molecule has 3 aromatic rings. The number of nitrogens with one attached hydrogen (secondary N) is 1. The Balaban J connectivity index is 0.000000273. The zero-order valence-electron chi connectivity index (χ0n) is 18.6. The first kappa shape index (κ1) is 25.6. The second-order valence-electron chi connectivity index (χ2n) is 7.31. The number of anilines is 2. The molecule has 0 bridgehead atoms. The Kier molecular flexibility index (Phi) is 8.78. The zero-order chi connectivity index (χ0) is 24.7. The highest BCUT2D eigenvalue weighted by atomic mass is 35.5. The van der Waals surface area contributed by atoms with Crippen LogP contribution in [0.4, 0.5) is 22.9 Å². The lowest BCUT2D eigenvalue weighted by Crippen LogP contribution is -2.03. The molecule has 0 amide bonds. The molecule has 10 nitrogen and oxygen atoms in total. The van der Waals surface area contributed by atoms with E-state index >= 15 is 0 Å². The molecule has 0 spiro atoms. The van der Waals surface area contributed by atoms with Crippen molar-refractivity contribution in [1.82, 2.24) is 9.97 Å². The lowest BCUT2D eigenvalue weighted by Gasteiger charge is -2.09. The van der Waals surface area contributed by atoms with Crippen LogP contribution >= 0.6 is 11.6 Å². The average Bonchev–Trinajstić information content (AvgIpc) is 2.68. The van der Waals surface area contributed by atoms with Gasteiger partial charge < -0.3 is 10.4 Å². The van der Waals surface area contributed by atoms with E-state index in [9.17, 15) is 20.2 Å². The van der Waals surface area contributed by atoms with E-state index in [4.69, 9.17) is 16.7 Å². The summed E-state index contributed by atoms with van der Waals surface area (Å²) in [7, 11) is 0. The number of aromatic nitrogens is 2. The molecule has 2 heterocycles. The normalized spacial score (nSPS) is 10.2. The Labute approximate surface area is 195 Å². The van der Waals surface area contributed by atoms with Gasteiger partial charge in [0, 0.05) is 34.8 Å². The number of nitro groups is 2. The lowest BCUT2D eigenvalue weighted by atomic mass is 10.1. The third-order valence-electron chi connectivity index (χ3n) is 4.56. The zero-order valence-corrected chi connectivity index (χ0v) is 19.4. The lowest BCUT2D eigenvalue weighted by molar-refractivity contribution is -0.385. The van der Waals surface area contributed by atoms with Crippen molar-refractivity contribution in [3.05, 3.63) is 89.9 Å². The SMILES string of the molecule is Cc1cc(C)c([N+](=O)[O-])c(Cl)n1.Cc1cc(C)c([N+](=O)[O-])c(Nc2ccc(CCO)cc2)n1. The fraction of sp³-hybridized carbons (Fsp3) is 0.273. The molecule has 3 rings (SSSR count). The van der Waals surface area contributed by atoms with Crippen molar-refractivity contribution < 1.29 is 15.0 Å². The van der Waals surface area contributed by atoms with Gasteiger partial charge in [0.1, 0.15) is 0 Å². The predicted octanol–water partition coefficient (Wildman–Crippen LogP) is 5.15. The molecule has 2 aromatic heterocycles. The molecule has 0 radical (unpaired) electrons. The highest BCUT2D eigenvalue weighted by Crippen LogP contribution is 2.29. The quantitative estimate of drug-likeness (QED) is 0.284. The molecule has 174 valence electrons. The van der Waals surface area contributed by atoms with Crippen LogP contribution in [0.1, 0.15) is 28.1 Å². The molecule has 0 saturated carbocycles. The molecule has 11 heteroatoms. The third kappa shape index (κ3) is 6.93. The van der Waals surface area contributed by atoms with Crippen molar-refractivity contribution in [3.8, 4) is 0 Å². The van der Waals surface area contributed by atoms with E-state index in [1.807, 2.05) is 24.3 Å². The van der Waals surface area contributed by atoms with Crippen LogP contribution in [-0.2, 0) is 6.42 Å². The minimum Gasteiger partial charge on any atom is -0.396 e. The monoisotopic (exact) mass is 473 g/mol. The summed E-state index contributed by atoms with van der Waals surface area (Å²) in [5, 5.41) is 33.4. The summed E-state index contributed by atoms with van der Waals surface area (Å²) in [6.07, 6.45) is 0.586. The summed E-state index contributed by atoms with van der Waals surface area (Å²) in [6.45, 7) is 6.97. The van der Waals surface area contributed by atoms with Crippen molar-refractivity contribution in [1.29, 1.82) is 0 Å². The average molecular weight is 474 g/mol. The summed E-state index contributed by atoms with van der Waals surface area (Å²) < 4.78 is 0. The molecule has 2 N–H and O–H groups in total. The first-order chi connectivity index (χ1) is 15.5. The summed E-state index contributed by atoms with van der Waals surface area (Å²) in [5.74, 6) is 0.243. The fourth-order valence-corrected chi connectivity index (χ4v) is 3.52. The molecule has 1 aromatic carbocycles. The second kappa shape index (κ2) is 11.3. The van der Waals surface area contributed by atoms with Gasteiger partial charge in [-0.25, -0.2) is 9.97 Å². The first-order valence-electron chi connectivity index (χ1n) is 9.91. The van der Waals surface area contributed by atoms with Gasteiger partial charge in [0.15, 0.2) is 0 Å². The Morgan fingerprint density at radius 2 is 1.42 bits per heavy atom. The minimum atomic E-state index is -0.524. The number of pyridine rings is 2. The number of halogens is 1. The van der Waals surface area contributed by atoms with Crippen LogP contribution in [0, 0.1) is 47.9 Å². The van der Waals surface area contributed by atoms with Crippen molar-refractivity contribution in [2.24, 2.45) is 0 Å². The molecular weight excluding hydrogens is 450 g/mol. The number of aliphatic hydroxyl groups is 1. The predicted molar refractivity (Wildman–Crippen MR) is 126 cm³/mol. The molecule has 33 heavy (non-hydrogen) atoms. The minimum absolute atomic E-state index is 0.0139. The van der Waals surface area contributed by atoms with Gasteiger partial charge in [-0.15, -0.1) is 0 Å². The summed E-state index contributed by atoms with van der Waals surface area (Å²) in [5.41, 5.74) is 4.12. The van der Waals surface area contributed by atoms with Crippen LogP contribution < -0.4 is 5.32 Å². The van der Waals surface area contributed by atoms with E-state index in [2.05, 4.69) is 15.3 Å². The summed E-state index contributed by atoms with van der Waals surface area (Å²) >= 11 is 5.58. The maximum absolute atomic E-state index is 11.2. The Bertz CT molecular complexity index is 1150. The van der Waals surface area contributed by atoms with Crippen LogP contribution in [0.3, 0.4) is 0 Å². The van der Waals surface area contributed by atoms with Gasteiger partial charge in [0.2, 0.25) is 11.0 Å². The van der Waals surface area contributed by atoms with Gasteiger partial charge in [-0.2, -0.15) is 0 Å². The number of benzene rings is 1. The number of hydrogen-bond donors (Lipinski definition) is 2. The maximum Gasteiger partial charge on any atom is 0.314 e. The van der Waals surface area contributed by atoms with Gasteiger partial charge >= 0.3 is 11.4 Å². The highest BCUT2D eigenvalue weighted by Gasteiger charge is 2.20. The van der Waals surface area contributed by atoms with Gasteiger partial charge in [0.25, 0.3) is 0 Å². The number of aliphatic hydroxyl groups excluding tert-OH is 1. The topological polar surface area (TPSA) is 144 Å². The third-order valence-corrected chi connectivity index (χ3v) is 4.83. The Morgan fingerprint density at radius 3 is 1.91 bits per heavy atom. The molecule has 0 unspecified atom stereocenters. The van der Waals surface area contributed by atoms with Gasteiger partial charge in [-0.3, -0.25) is 20.2 Å². The summed E-state index contributed by atoms with van der Waals surface area (Å²) in [4.78, 5) is 28.7. The molecule has 0 aliphatic rings. The molecule has 0 aliphatic carbocycles. The maximum atomic E-state index is 11.2. The molecular formula is C22H24ClN5O5. The van der Waals surface area contributed by atoms with Crippen molar-refractivity contribution in [3.63, 3.8) is 0 Å². The van der Waals surface area contributed by atoms with Crippen LogP contribution in [-0.4, -0.2) is 31.5 Å². The van der Waals surface area contributed by atoms with Crippen LogP contribution in [0.25, 0.3) is 0 Å². The van der Waals surface area contributed by atoms with E-state index in [-0.39, 0.29) is 29.0 Å². The van der Waals surface area contributed by atoms with Crippen molar-refractivity contribution in [2.45, 2.75) is 34.1 Å². The van der Waals surface area contributed by atoms with Gasteiger partial charge in [0.05, 0.1) is 9.85 Å². The Morgan fingerprint density at radius 1 is 0.909 bits per heavy atom. The van der Waals surface area contributed by atoms with Gasteiger partial charge in [-0.05, 0) is 63.9 Å². The van der Waals surface area contributed by atoms with Crippen LogP contribution in [0.2, 0.25) is 5.15 Å². The molecule has 0 atom stereocenters. The van der Waals surface area contributed by atoms with Crippen LogP contribution in [0.15, 0.2) is 36.4 Å². The van der Waals surface area contributed by atoms with Crippen molar-refractivity contribution in [2.75, 3.05) is 11.9 Å². The fourth-order valence-electron chi connectivity index (χ4n) is 3.17. The smallest absolute Gasteiger partial charge is 0.314 e. The van der Waals surface area contributed by atoms with E-state index in [1.165, 1.54) is 0 Å². The first-order valence-corrected chi connectivity index (χ1v) is 10.3.